The zero-order chi connectivity index (χ0) is 38.1. The van der Waals surface area contributed by atoms with Crippen LogP contribution in [0.2, 0.25) is 51.4 Å². The first-order valence-electron chi connectivity index (χ1n) is 19.4. The molecule has 4 heterocycles. The fourth-order valence-corrected chi connectivity index (χ4v) is 8.94. The van der Waals surface area contributed by atoms with Crippen molar-refractivity contribution >= 4 is 44.5 Å². The third-order valence-electron chi connectivity index (χ3n) is 10.4. The van der Waals surface area contributed by atoms with Crippen LogP contribution in [-0.2, 0) is 14.2 Å². The molecular weight excluding hydrogens is 699 g/mol. The first kappa shape index (κ1) is 39.2. The maximum absolute atomic E-state index is 13.3. The van der Waals surface area contributed by atoms with Crippen LogP contribution in [0.1, 0.15) is 58.1 Å². The molecule has 1 amide bonds. The zero-order valence-electron chi connectivity index (χ0n) is 33.7. The van der Waals surface area contributed by atoms with Gasteiger partial charge in [-0.2, -0.15) is 9.61 Å². The SMILES string of the molecule is COc1ccc2ccc(-c3cnn4c(N(COCC[Si](C)(C)C)COCC[Si](C)(C)C)cc(C5C[C@H]6CC[C@@H](C5)N6C(=O)OC(C)(C)C)nc34)cc2c1. The maximum atomic E-state index is 13.3. The summed E-state index contributed by atoms with van der Waals surface area (Å²) < 4.78 is 26.2. The van der Waals surface area contributed by atoms with Crippen molar-refractivity contribution in [3.8, 4) is 16.9 Å². The largest absolute Gasteiger partial charge is 0.497 e. The average Bonchev–Trinajstić information content (AvgIpc) is 3.62. The highest BCUT2D eigenvalue weighted by molar-refractivity contribution is 6.76. The Morgan fingerprint density at radius 2 is 1.49 bits per heavy atom. The summed E-state index contributed by atoms with van der Waals surface area (Å²) in [6, 6.07) is 17.3. The Morgan fingerprint density at radius 1 is 0.868 bits per heavy atom. The minimum atomic E-state index is -1.27. The van der Waals surface area contributed by atoms with E-state index in [1.165, 1.54) is 0 Å². The Balaban J connectivity index is 1.39. The Kier molecular flexibility index (Phi) is 11.6. The van der Waals surface area contributed by atoms with Gasteiger partial charge in [0.25, 0.3) is 0 Å². The summed E-state index contributed by atoms with van der Waals surface area (Å²) in [6.45, 7) is 22.3. The lowest BCUT2D eigenvalue weighted by molar-refractivity contribution is 0.00569. The van der Waals surface area contributed by atoms with E-state index in [4.69, 9.17) is 29.0 Å². The summed E-state index contributed by atoms with van der Waals surface area (Å²) in [5.41, 5.74) is 3.30. The van der Waals surface area contributed by atoms with Crippen molar-refractivity contribution in [3.05, 3.63) is 54.4 Å². The van der Waals surface area contributed by atoms with Gasteiger partial charge in [0, 0.05) is 64.7 Å². The molecule has 53 heavy (non-hydrogen) atoms. The van der Waals surface area contributed by atoms with Crippen molar-refractivity contribution in [1.29, 1.82) is 0 Å². The van der Waals surface area contributed by atoms with Gasteiger partial charge < -0.3 is 28.7 Å². The Labute approximate surface area is 318 Å². The average molecular weight is 760 g/mol. The number of benzene rings is 2. The van der Waals surface area contributed by atoms with Crippen molar-refractivity contribution in [2.45, 2.75) is 121 Å². The van der Waals surface area contributed by atoms with Gasteiger partial charge in [-0.25, -0.2) is 9.78 Å². The molecule has 2 aromatic heterocycles. The van der Waals surface area contributed by atoms with E-state index < -0.39 is 21.7 Å². The van der Waals surface area contributed by atoms with Crippen LogP contribution in [0.5, 0.6) is 5.75 Å². The molecule has 6 rings (SSSR count). The van der Waals surface area contributed by atoms with Gasteiger partial charge in [-0.1, -0.05) is 57.5 Å². The lowest BCUT2D eigenvalue weighted by Gasteiger charge is -2.39. The topological polar surface area (TPSA) is 90.7 Å². The zero-order valence-corrected chi connectivity index (χ0v) is 35.7. The molecule has 2 aliphatic heterocycles. The number of methoxy groups -OCH3 is 1. The highest BCUT2D eigenvalue weighted by Gasteiger charge is 2.45. The van der Waals surface area contributed by atoms with Crippen LogP contribution in [0.4, 0.5) is 10.6 Å². The van der Waals surface area contributed by atoms with E-state index in [0.29, 0.717) is 26.7 Å². The second kappa shape index (κ2) is 15.7. The van der Waals surface area contributed by atoms with Gasteiger partial charge in [0.15, 0.2) is 5.65 Å². The number of hydrogen-bond acceptors (Lipinski definition) is 8. The molecule has 0 N–H and O–H groups in total. The molecular formula is C41H61N5O5Si2. The molecule has 0 spiro atoms. The normalized spacial score (nSPS) is 19.3. The molecule has 288 valence electrons. The number of rotatable bonds is 14. The number of nitrogens with zero attached hydrogens (tertiary/aromatic N) is 5. The number of piperidine rings is 1. The van der Waals surface area contributed by atoms with Crippen LogP contribution in [0, 0.1) is 0 Å². The lowest BCUT2D eigenvalue weighted by atomic mass is 9.88. The smallest absolute Gasteiger partial charge is 0.410 e. The van der Waals surface area contributed by atoms with Gasteiger partial charge in [-0.05, 0) is 93.1 Å². The fraction of sp³-hybridized carbons (Fsp3) is 0.585. The van der Waals surface area contributed by atoms with Crippen LogP contribution < -0.4 is 9.64 Å². The molecule has 4 aromatic rings. The third-order valence-corrected chi connectivity index (χ3v) is 13.8. The minimum Gasteiger partial charge on any atom is -0.497 e. The van der Waals surface area contributed by atoms with Crippen molar-refractivity contribution in [2.75, 3.05) is 38.7 Å². The number of carbonyl (C=O) groups excluding carboxylic acids is 1. The molecule has 2 saturated heterocycles. The monoisotopic (exact) mass is 759 g/mol. The standard InChI is InChI=1S/C41H61N5O5Si2/c1-41(2,3)51-40(47)45-33-14-15-34(45)23-32(22-33)37-25-38(44(27-49-17-19-52(5,6)7)28-50-18-20-53(8,9)10)46-39(43-37)36(26-42-46)30-12-11-29-13-16-35(48-4)24-31(29)21-30/h11-13,16,21,24-26,32-34H,14-15,17-20,22-23,27-28H2,1-10H3/t32?,33-,34+. The highest BCUT2D eigenvalue weighted by atomic mass is 28.3. The van der Waals surface area contributed by atoms with Crippen molar-refractivity contribution in [3.63, 3.8) is 0 Å². The molecule has 1 unspecified atom stereocenters. The molecule has 0 saturated carbocycles. The summed E-state index contributed by atoms with van der Waals surface area (Å²) in [6.07, 6.45) is 5.39. The van der Waals surface area contributed by atoms with Crippen LogP contribution in [0.15, 0.2) is 48.7 Å². The molecule has 12 heteroatoms. The van der Waals surface area contributed by atoms with E-state index in [1.54, 1.807) is 7.11 Å². The van der Waals surface area contributed by atoms with E-state index in [0.717, 1.165) is 82.6 Å². The number of carbonyl (C=O) groups is 1. The van der Waals surface area contributed by atoms with E-state index >= 15 is 0 Å². The third kappa shape index (κ3) is 9.81. The van der Waals surface area contributed by atoms with Gasteiger partial charge in [-0.3, -0.25) is 0 Å². The molecule has 2 aromatic carbocycles. The number of anilines is 1. The Hall–Kier alpha value is -3.46. The summed E-state index contributed by atoms with van der Waals surface area (Å²) in [4.78, 5) is 23.0. The van der Waals surface area contributed by atoms with E-state index in [-0.39, 0.29) is 24.1 Å². The molecule has 2 fully saturated rings. The van der Waals surface area contributed by atoms with E-state index in [2.05, 4.69) is 80.6 Å². The molecule has 2 aliphatic rings. The first-order chi connectivity index (χ1) is 25.0. The van der Waals surface area contributed by atoms with Gasteiger partial charge in [0.1, 0.15) is 30.6 Å². The Morgan fingerprint density at radius 3 is 2.08 bits per heavy atom. The van der Waals surface area contributed by atoms with Crippen LogP contribution in [-0.4, -0.2) is 93.2 Å². The highest BCUT2D eigenvalue weighted by Crippen LogP contribution is 2.44. The van der Waals surface area contributed by atoms with Crippen molar-refractivity contribution in [1.82, 2.24) is 19.5 Å². The molecule has 3 atom stereocenters. The first-order valence-corrected chi connectivity index (χ1v) is 26.8. The van der Waals surface area contributed by atoms with Crippen LogP contribution in [0.3, 0.4) is 0 Å². The van der Waals surface area contributed by atoms with Gasteiger partial charge in [0.2, 0.25) is 0 Å². The van der Waals surface area contributed by atoms with E-state index in [9.17, 15) is 4.79 Å². The Bertz CT molecular complexity index is 1860. The van der Waals surface area contributed by atoms with Crippen molar-refractivity contribution < 1.29 is 23.7 Å². The van der Waals surface area contributed by atoms with Crippen LogP contribution >= 0.6 is 0 Å². The minimum absolute atomic E-state index is 0.126. The van der Waals surface area contributed by atoms with Crippen LogP contribution in [0.25, 0.3) is 27.5 Å². The van der Waals surface area contributed by atoms with Gasteiger partial charge in [0.05, 0.1) is 13.3 Å². The molecule has 0 aliphatic carbocycles. The number of aromatic nitrogens is 3. The number of hydrogen-bond donors (Lipinski definition) is 0. The summed E-state index contributed by atoms with van der Waals surface area (Å²) >= 11 is 0. The van der Waals surface area contributed by atoms with E-state index in [1.807, 2.05) is 42.4 Å². The van der Waals surface area contributed by atoms with Gasteiger partial charge in [-0.15, -0.1) is 0 Å². The lowest BCUT2D eigenvalue weighted by Crippen LogP contribution is -2.48. The predicted molar refractivity (Wildman–Crippen MR) is 220 cm³/mol. The number of amides is 1. The fourth-order valence-electron chi connectivity index (χ4n) is 7.43. The second-order valence-electron chi connectivity index (χ2n) is 18.4. The molecule has 10 nitrogen and oxygen atoms in total. The van der Waals surface area contributed by atoms with Crippen molar-refractivity contribution in [2.24, 2.45) is 0 Å². The molecule has 2 bridgehead atoms. The summed E-state index contributed by atoms with van der Waals surface area (Å²) in [5, 5.41) is 7.22. The maximum Gasteiger partial charge on any atom is 0.410 e. The summed E-state index contributed by atoms with van der Waals surface area (Å²) in [5.74, 6) is 1.91. The summed E-state index contributed by atoms with van der Waals surface area (Å²) in [7, 11) is -0.849. The predicted octanol–water partition coefficient (Wildman–Crippen LogP) is 9.63. The second-order valence-corrected chi connectivity index (χ2v) is 29.7. The van der Waals surface area contributed by atoms with Gasteiger partial charge >= 0.3 is 6.09 Å². The number of fused-ring (bicyclic) bond motifs is 4. The molecule has 0 radical (unpaired) electrons. The quantitative estimate of drug-likeness (QED) is 0.0714. The number of ether oxygens (including phenoxy) is 4.